The number of rotatable bonds is 4. The van der Waals surface area contributed by atoms with Gasteiger partial charge in [-0.05, 0) is 57.5 Å². The highest BCUT2D eigenvalue weighted by Gasteiger charge is 2.24. The Morgan fingerprint density at radius 1 is 1.41 bits per heavy atom. The summed E-state index contributed by atoms with van der Waals surface area (Å²) in [6, 6.07) is 1.18. The van der Waals surface area contributed by atoms with Crippen molar-refractivity contribution in [1.82, 2.24) is 14.5 Å². The lowest BCUT2D eigenvalue weighted by Crippen LogP contribution is -2.44. The van der Waals surface area contributed by atoms with Crippen LogP contribution in [-0.2, 0) is 6.54 Å². The molecule has 5 heteroatoms. The molecule has 1 aliphatic rings. The number of aryl methyl sites for hydroxylation is 2. The quantitative estimate of drug-likeness (QED) is 0.866. The van der Waals surface area contributed by atoms with E-state index in [1.807, 2.05) is 12.3 Å². The SMILES string of the molecule is Cc1csc2c(=O)n(CC[C@H]3CCCCN3C(C)C)cnc12. The summed E-state index contributed by atoms with van der Waals surface area (Å²) in [5.41, 5.74) is 2.09. The van der Waals surface area contributed by atoms with Crippen LogP contribution in [0.25, 0.3) is 10.2 Å². The van der Waals surface area contributed by atoms with Gasteiger partial charge in [0.1, 0.15) is 4.70 Å². The topological polar surface area (TPSA) is 38.1 Å². The van der Waals surface area contributed by atoms with Crippen LogP contribution in [-0.4, -0.2) is 33.1 Å². The summed E-state index contributed by atoms with van der Waals surface area (Å²) in [6.07, 6.45) is 6.63. The monoisotopic (exact) mass is 319 g/mol. The summed E-state index contributed by atoms with van der Waals surface area (Å²) in [4.78, 5) is 19.6. The first kappa shape index (κ1) is 15.7. The standard InChI is InChI=1S/C17H25N3OS/c1-12(2)20-8-5-4-6-14(20)7-9-19-11-18-15-13(3)10-22-16(15)17(19)21/h10-12,14H,4-9H2,1-3H3/t14-/m1/s1. The minimum Gasteiger partial charge on any atom is -0.298 e. The van der Waals surface area contributed by atoms with Crippen LogP contribution in [0.15, 0.2) is 16.5 Å². The predicted octanol–water partition coefficient (Wildman–Crippen LogP) is 3.42. The molecule has 4 nitrogen and oxygen atoms in total. The molecule has 0 spiro atoms. The molecule has 0 saturated carbocycles. The van der Waals surface area contributed by atoms with Gasteiger partial charge >= 0.3 is 0 Å². The van der Waals surface area contributed by atoms with Crippen molar-refractivity contribution in [3.05, 3.63) is 27.6 Å². The van der Waals surface area contributed by atoms with Crippen LogP contribution in [0.5, 0.6) is 0 Å². The second-order valence-corrected chi connectivity index (χ2v) is 7.49. The fraction of sp³-hybridized carbons (Fsp3) is 0.647. The van der Waals surface area contributed by atoms with Crippen LogP contribution in [0.3, 0.4) is 0 Å². The highest BCUT2D eigenvalue weighted by atomic mass is 32.1. The molecule has 22 heavy (non-hydrogen) atoms. The van der Waals surface area contributed by atoms with Gasteiger partial charge in [-0.3, -0.25) is 14.3 Å². The second kappa shape index (κ2) is 6.50. The minimum atomic E-state index is 0.120. The first-order valence-electron chi connectivity index (χ1n) is 8.27. The summed E-state index contributed by atoms with van der Waals surface area (Å²) >= 11 is 1.52. The average molecular weight is 319 g/mol. The predicted molar refractivity (Wildman–Crippen MR) is 92.7 cm³/mol. The Morgan fingerprint density at radius 3 is 3.00 bits per heavy atom. The minimum absolute atomic E-state index is 0.120. The molecule has 0 N–H and O–H groups in total. The zero-order valence-corrected chi connectivity index (χ0v) is 14.5. The van der Waals surface area contributed by atoms with Gasteiger partial charge in [0.15, 0.2) is 0 Å². The summed E-state index contributed by atoms with van der Waals surface area (Å²) in [7, 11) is 0. The molecule has 0 unspecified atom stereocenters. The van der Waals surface area contributed by atoms with Crippen molar-refractivity contribution in [2.75, 3.05) is 6.54 Å². The maximum atomic E-state index is 12.5. The third-order valence-electron chi connectivity index (χ3n) is 4.76. The zero-order chi connectivity index (χ0) is 15.7. The smallest absolute Gasteiger partial charge is 0.271 e. The normalized spacial score (nSPS) is 20.1. The molecule has 2 aromatic heterocycles. The highest BCUT2D eigenvalue weighted by molar-refractivity contribution is 7.17. The van der Waals surface area contributed by atoms with E-state index in [0.29, 0.717) is 12.1 Å². The van der Waals surface area contributed by atoms with Crippen molar-refractivity contribution in [1.29, 1.82) is 0 Å². The van der Waals surface area contributed by atoms with Crippen molar-refractivity contribution in [3.8, 4) is 0 Å². The molecule has 0 aromatic carbocycles. The molecule has 1 aliphatic heterocycles. The molecule has 1 saturated heterocycles. The first-order chi connectivity index (χ1) is 10.6. The maximum Gasteiger partial charge on any atom is 0.271 e. The number of thiophene rings is 1. The first-order valence-corrected chi connectivity index (χ1v) is 9.15. The molecular weight excluding hydrogens is 294 g/mol. The lowest BCUT2D eigenvalue weighted by Gasteiger charge is -2.38. The lowest BCUT2D eigenvalue weighted by molar-refractivity contribution is 0.102. The number of aromatic nitrogens is 2. The molecule has 0 bridgehead atoms. The van der Waals surface area contributed by atoms with Crippen LogP contribution in [0.1, 0.15) is 45.1 Å². The number of likely N-dealkylation sites (tertiary alicyclic amines) is 1. The Bertz CT molecular complexity index is 703. The van der Waals surface area contributed by atoms with Gasteiger partial charge in [-0.2, -0.15) is 0 Å². The van der Waals surface area contributed by atoms with Crippen LogP contribution >= 0.6 is 11.3 Å². The van der Waals surface area contributed by atoms with Gasteiger partial charge < -0.3 is 0 Å². The van der Waals surface area contributed by atoms with Gasteiger partial charge in [-0.15, -0.1) is 11.3 Å². The molecule has 3 heterocycles. The van der Waals surface area contributed by atoms with E-state index in [1.165, 1.54) is 37.1 Å². The maximum absolute atomic E-state index is 12.5. The molecule has 0 aliphatic carbocycles. The third-order valence-corrected chi connectivity index (χ3v) is 5.84. The van der Waals surface area contributed by atoms with Crippen molar-refractivity contribution in [2.24, 2.45) is 0 Å². The van der Waals surface area contributed by atoms with E-state index in [-0.39, 0.29) is 5.56 Å². The molecular formula is C17H25N3OS. The summed E-state index contributed by atoms with van der Waals surface area (Å²) < 4.78 is 2.59. The third kappa shape index (κ3) is 2.97. The number of hydrogen-bond acceptors (Lipinski definition) is 4. The van der Waals surface area contributed by atoms with Crippen molar-refractivity contribution in [3.63, 3.8) is 0 Å². The summed E-state index contributed by atoms with van der Waals surface area (Å²) in [6.45, 7) is 8.52. The molecule has 1 atom stereocenters. The summed E-state index contributed by atoms with van der Waals surface area (Å²) in [5.74, 6) is 0. The number of hydrogen-bond donors (Lipinski definition) is 0. The van der Waals surface area contributed by atoms with Crippen LogP contribution in [0.2, 0.25) is 0 Å². The van der Waals surface area contributed by atoms with Crippen molar-refractivity contribution < 1.29 is 0 Å². The van der Waals surface area contributed by atoms with Crippen LogP contribution < -0.4 is 5.56 Å². The van der Waals surface area contributed by atoms with Gasteiger partial charge in [0.25, 0.3) is 5.56 Å². The highest BCUT2D eigenvalue weighted by Crippen LogP contribution is 2.23. The van der Waals surface area contributed by atoms with E-state index in [0.717, 1.165) is 28.7 Å². The molecule has 0 radical (unpaired) electrons. The second-order valence-electron chi connectivity index (χ2n) is 6.61. The Morgan fingerprint density at radius 2 is 2.23 bits per heavy atom. The van der Waals surface area contributed by atoms with E-state index in [2.05, 4.69) is 23.7 Å². The fourth-order valence-electron chi connectivity index (χ4n) is 3.52. The average Bonchev–Trinajstić information content (AvgIpc) is 2.89. The van der Waals surface area contributed by atoms with Crippen molar-refractivity contribution >= 4 is 21.6 Å². The van der Waals surface area contributed by atoms with E-state index in [9.17, 15) is 4.79 Å². The molecule has 2 aromatic rings. The van der Waals surface area contributed by atoms with E-state index < -0.39 is 0 Å². The fourth-order valence-corrected chi connectivity index (χ4v) is 4.47. The van der Waals surface area contributed by atoms with Gasteiger partial charge in [0, 0.05) is 18.6 Å². The van der Waals surface area contributed by atoms with E-state index in [1.54, 1.807) is 10.9 Å². The largest absolute Gasteiger partial charge is 0.298 e. The van der Waals surface area contributed by atoms with Crippen LogP contribution in [0.4, 0.5) is 0 Å². The van der Waals surface area contributed by atoms with Gasteiger partial charge in [-0.1, -0.05) is 6.42 Å². The Kier molecular flexibility index (Phi) is 4.64. The molecule has 3 rings (SSSR count). The van der Waals surface area contributed by atoms with Gasteiger partial charge in [0.05, 0.1) is 11.8 Å². The lowest BCUT2D eigenvalue weighted by atomic mass is 9.98. The van der Waals surface area contributed by atoms with E-state index >= 15 is 0 Å². The van der Waals surface area contributed by atoms with Crippen LogP contribution in [0, 0.1) is 6.92 Å². The van der Waals surface area contributed by atoms with E-state index in [4.69, 9.17) is 0 Å². The number of nitrogens with zero attached hydrogens (tertiary/aromatic N) is 3. The Labute approximate surface area is 135 Å². The van der Waals surface area contributed by atoms with Crippen molar-refractivity contribution in [2.45, 2.75) is 65.1 Å². The number of piperidine rings is 1. The Hall–Kier alpha value is -1.20. The Balaban J connectivity index is 1.76. The van der Waals surface area contributed by atoms with Gasteiger partial charge in [-0.25, -0.2) is 4.98 Å². The number of fused-ring (bicyclic) bond motifs is 1. The van der Waals surface area contributed by atoms with Gasteiger partial charge in [0.2, 0.25) is 0 Å². The summed E-state index contributed by atoms with van der Waals surface area (Å²) in [5, 5.41) is 2.02. The molecule has 120 valence electrons. The molecule has 1 fully saturated rings. The zero-order valence-electron chi connectivity index (χ0n) is 13.7. The molecule has 0 amide bonds.